The van der Waals surface area contributed by atoms with E-state index in [-0.39, 0.29) is 12.2 Å². The molecule has 0 aliphatic carbocycles. The van der Waals surface area contributed by atoms with E-state index in [9.17, 15) is 4.79 Å². The van der Waals surface area contributed by atoms with Gasteiger partial charge in [-0.1, -0.05) is 36.4 Å². The standard InChI is InChI=1S/C21H23N3O2/c1-14-8-9-18(26-2)19-17(14)12-16-10-11-24(20(16)23-19)21(25)22-13-15-6-4-3-5-7-15/h3-9,12,20,23H,10-11,13H2,1-2H3,(H,22,25). The Bertz CT molecular complexity index is 861. The molecule has 0 aromatic heterocycles. The normalized spacial score (nSPS) is 17.7. The van der Waals surface area contributed by atoms with Crippen molar-refractivity contribution in [2.24, 2.45) is 0 Å². The maximum absolute atomic E-state index is 12.7. The maximum atomic E-state index is 12.7. The van der Waals surface area contributed by atoms with Gasteiger partial charge in [0.1, 0.15) is 11.9 Å². The first-order chi connectivity index (χ1) is 12.7. The first-order valence-corrected chi connectivity index (χ1v) is 8.90. The molecular formula is C21H23N3O2. The molecule has 2 aliphatic heterocycles. The number of hydrogen-bond donors (Lipinski definition) is 2. The van der Waals surface area contributed by atoms with E-state index in [1.54, 1.807) is 7.11 Å². The van der Waals surface area contributed by atoms with E-state index in [4.69, 9.17) is 4.74 Å². The van der Waals surface area contributed by atoms with Crippen LogP contribution in [0.15, 0.2) is 48.0 Å². The third-order valence-corrected chi connectivity index (χ3v) is 5.11. The van der Waals surface area contributed by atoms with Crippen LogP contribution < -0.4 is 15.4 Å². The molecule has 4 rings (SSSR count). The van der Waals surface area contributed by atoms with Crippen molar-refractivity contribution in [2.75, 3.05) is 19.0 Å². The van der Waals surface area contributed by atoms with E-state index in [0.717, 1.165) is 29.0 Å². The number of amides is 2. The van der Waals surface area contributed by atoms with E-state index in [1.165, 1.54) is 11.1 Å². The van der Waals surface area contributed by atoms with Crippen molar-refractivity contribution in [1.29, 1.82) is 0 Å². The third-order valence-electron chi connectivity index (χ3n) is 5.11. The summed E-state index contributed by atoms with van der Waals surface area (Å²) in [7, 11) is 1.67. The highest BCUT2D eigenvalue weighted by atomic mass is 16.5. The summed E-state index contributed by atoms with van der Waals surface area (Å²) in [6.45, 7) is 3.33. The van der Waals surface area contributed by atoms with Crippen LogP contribution in [0.4, 0.5) is 10.5 Å². The summed E-state index contributed by atoms with van der Waals surface area (Å²) in [6.07, 6.45) is 2.97. The number of fused-ring (bicyclic) bond motifs is 2. The summed E-state index contributed by atoms with van der Waals surface area (Å²) in [4.78, 5) is 14.6. The second-order valence-corrected chi connectivity index (χ2v) is 6.73. The summed E-state index contributed by atoms with van der Waals surface area (Å²) in [5.41, 5.74) is 5.65. The van der Waals surface area contributed by atoms with Crippen LogP contribution in [0, 0.1) is 6.92 Å². The molecule has 0 spiro atoms. The zero-order chi connectivity index (χ0) is 18.1. The van der Waals surface area contributed by atoms with Crippen LogP contribution in [0.5, 0.6) is 5.75 Å². The third kappa shape index (κ3) is 2.90. The zero-order valence-corrected chi connectivity index (χ0v) is 15.1. The largest absolute Gasteiger partial charge is 0.495 e. The van der Waals surface area contributed by atoms with Gasteiger partial charge >= 0.3 is 6.03 Å². The molecule has 134 valence electrons. The Balaban J connectivity index is 1.53. The number of methoxy groups -OCH3 is 1. The number of benzene rings is 2. The molecule has 1 atom stereocenters. The molecule has 5 heteroatoms. The Morgan fingerprint density at radius 1 is 1.27 bits per heavy atom. The minimum Gasteiger partial charge on any atom is -0.495 e. The van der Waals surface area contributed by atoms with Gasteiger partial charge in [0.15, 0.2) is 0 Å². The maximum Gasteiger partial charge on any atom is 0.319 e. The van der Waals surface area contributed by atoms with E-state index in [1.807, 2.05) is 41.3 Å². The van der Waals surface area contributed by atoms with E-state index in [2.05, 4.69) is 29.7 Å². The first kappa shape index (κ1) is 16.5. The number of nitrogens with one attached hydrogen (secondary N) is 2. The molecule has 2 aromatic carbocycles. The summed E-state index contributed by atoms with van der Waals surface area (Å²) >= 11 is 0. The number of carbonyl (C=O) groups is 1. The molecule has 2 aliphatic rings. The number of urea groups is 1. The topological polar surface area (TPSA) is 53.6 Å². The second kappa shape index (κ2) is 6.75. The second-order valence-electron chi connectivity index (χ2n) is 6.73. The molecule has 26 heavy (non-hydrogen) atoms. The van der Waals surface area contributed by atoms with Gasteiger partial charge in [-0.3, -0.25) is 0 Å². The fourth-order valence-corrected chi connectivity index (χ4v) is 3.66. The van der Waals surface area contributed by atoms with E-state index < -0.39 is 0 Å². The van der Waals surface area contributed by atoms with Crippen LogP contribution in [0.3, 0.4) is 0 Å². The molecular weight excluding hydrogens is 326 g/mol. The molecule has 0 saturated carbocycles. The van der Waals surface area contributed by atoms with Gasteiger partial charge in [0.2, 0.25) is 0 Å². The lowest BCUT2D eigenvalue weighted by Crippen LogP contribution is -2.46. The van der Waals surface area contributed by atoms with Gasteiger partial charge in [0.25, 0.3) is 0 Å². The quantitative estimate of drug-likeness (QED) is 0.887. The minimum absolute atomic E-state index is 0.0511. The number of nitrogens with zero attached hydrogens (tertiary/aromatic N) is 1. The number of hydrogen-bond acceptors (Lipinski definition) is 3. The first-order valence-electron chi connectivity index (χ1n) is 8.90. The van der Waals surface area contributed by atoms with E-state index in [0.29, 0.717) is 13.1 Å². The molecule has 1 fully saturated rings. The van der Waals surface area contributed by atoms with Crippen molar-refractivity contribution >= 4 is 17.8 Å². The highest BCUT2D eigenvalue weighted by molar-refractivity contribution is 5.83. The number of carbonyl (C=O) groups excluding carboxylic acids is 1. The van der Waals surface area contributed by atoms with Crippen molar-refractivity contribution in [2.45, 2.75) is 26.1 Å². The molecule has 2 N–H and O–H groups in total. The molecule has 0 bridgehead atoms. The van der Waals surface area contributed by atoms with Gasteiger partial charge in [-0.25, -0.2) is 4.79 Å². The van der Waals surface area contributed by atoms with Crippen molar-refractivity contribution in [3.8, 4) is 5.75 Å². The lowest BCUT2D eigenvalue weighted by atomic mass is 9.97. The minimum atomic E-state index is -0.117. The van der Waals surface area contributed by atoms with Crippen LogP contribution in [0.1, 0.15) is 23.1 Å². The van der Waals surface area contributed by atoms with Crippen molar-refractivity contribution in [3.05, 3.63) is 64.7 Å². The monoisotopic (exact) mass is 349 g/mol. The molecule has 2 heterocycles. The Kier molecular flexibility index (Phi) is 4.29. The highest BCUT2D eigenvalue weighted by Crippen LogP contribution is 2.40. The Hall–Kier alpha value is -2.95. The summed E-state index contributed by atoms with van der Waals surface area (Å²) in [5, 5.41) is 6.55. The SMILES string of the molecule is COc1ccc(C)c2c1NC1C(=C2)CCN1C(=O)NCc1ccccc1. The number of rotatable bonds is 3. The van der Waals surface area contributed by atoms with Gasteiger partial charge in [-0.05, 0) is 42.2 Å². The highest BCUT2D eigenvalue weighted by Gasteiger charge is 2.36. The van der Waals surface area contributed by atoms with E-state index >= 15 is 0 Å². The lowest BCUT2D eigenvalue weighted by molar-refractivity contribution is 0.199. The molecule has 5 nitrogen and oxygen atoms in total. The smallest absolute Gasteiger partial charge is 0.319 e. The van der Waals surface area contributed by atoms with Crippen molar-refractivity contribution in [1.82, 2.24) is 10.2 Å². The number of aryl methyl sites for hydroxylation is 1. The molecule has 0 radical (unpaired) electrons. The average Bonchev–Trinajstić information content (AvgIpc) is 3.09. The van der Waals surface area contributed by atoms with Gasteiger partial charge < -0.3 is 20.3 Å². The summed E-state index contributed by atoms with van der Waals surface area (Å²) in [5.74, 6) is 0.803. The fraction of sp³-hybridized carbons (Fsp3) is 0.286. The lowest BCUT2D eigenvalue weighted by Gasteiger charge is -2.31. The Morgan fingerprint density at radius 2 is 2.08 bits per heavy atom. The van der Waals surface area contributed by atoms with Crippen LogP contribution in [0.25, 0.3) is 6.08 Å². The van der Waals surface area contributed by atoms with Crippen LogP contribution in [-0.2, 0) is 6.54 Å². The molecule has 2 aromatic rings. The predicted molar refractivity (Wildman–Crippen MR) is 103 cm³/mol. The summed E-state index contributed by atoms with van der Waals surface area (Å²) in [6, 6.07) is 13.9. The van der Waals surface area contributed by atoms with Crippen LogP contribution >= 0.6 is 0 Å². The number of anilines is 1. The molecule has 1 saturated heterocycles. The van der Waals surface area contributed by atoms with Crippen LogP contribution in [0.2, 0.25) is 0 Å². The average molecular weight is 349 g/mol. The number of ether oxygens (including phenoxy) is 1. The Labute approximate surface area is 153 Å². The molecule has 1 unspecified atom stereocenters. The van der Waals surface area contributed by atoms with Gasteiger partial charge in [-0.15, -0.1) is 0 Å². The van der Waals surface area contributed by atoms with Gasteiger partial charge in [-0.2, -0.15) is 0 Å². The Morgan fingerprint density at radius 3 is 2.85 bits per heavy atom. The fourth-order valence-electron chi connectivity index (χ4n) is 3.66. The van der Waals surface area contributed by atoms with Crippen molar-refractivity contribution in [3.63, 3.8) is 0 Å². The predicted octanol–water partition coefficient (Wildman–Crippen LogP) is 3.75. The number of likely N-dealkylation sites (tertiary alicyclic amines) is 1. The van der Waals surface area contributed by atoms with Gasteiger partial charge in [0.05, 0.1) is 12.8 Å². The zero-order valence-electron chi connectivity index (χ0n) is 15.1. The molecule has 2 amide bonds. The van der Waals surface area contributed by atoms with Crippen LogP contribution in [-0.4, -0.2) is 30.8 Å². The van der Waals surface area contributed by atoms with Crippen molar-refractivity contribution < 1.29 is 9.53 Å². The summed E-state index contributed by atoms with van der Waals surface area (Å²) < 4.78 is 5.51. The van der Waals surface area contributed by atoms with Gasteiger partial charge in [0, 0.05) is 18.7 Å².